The van der Waals surface area contributed by atoms with Crippen LogP contribution in [0.4, 0.5) is 10.9 Å². The zero-order chi connectivity index (χ0) is 21.5. The third-order valence-corrected chi connectivity index (χ3v) is 5.49. The molecule has 3 aromatic rings. The van der Waals surface area contributed by atoms with Crippen LogP contribution in [0.5, 0.6) is 0 Å². The standard InChI is InChI=1S/C22H22N6O2S/c23-21(29)18-10-16(12-24-13-18)2-1-3-19-14-26-22(31-19)27-20-11-17(4-5-25-20)15-28-6-8-30-9-7-28/h4-5,10-14H,2,6-9,15H2,(H2,23,29)(H,25,26,27). The monoisotopic (exact) mass is 434 g/mol. The van der Waals surface area contributed by atoms with Crippen molar-refractivity contribution in [3.8, 4) is 11.8 Å². The third-order valence-electron chi connectivity index (χ3n) is 4.66. The third kappa shape index (κ3) is 6.08. The van der Waals surface area contributed by atoms with E-state index in [0.29, 0.717) is 12.0 Å². The summed E-state index contributed by atoms with van der Waals surface area (Å²) in [5.74, 6) is 6.44. The number of hydrogen-bond acceptors (Lipinski definition) is 8. The Morgan fingerprint density at radius 3 is 2.90 bits per heavy atom. The minimum atomic E-state index is -0.497. The van der Waals surface area contributed by atoms with Gasteiger partial charge in [0.1, 0.15) is 5.82 Å². The van der Waals surface area contributed by atoms with Gasteiger partial charge >= 0.3 is 0 Å². The SMILES string of the molecule is NC(=O)c1cncc(CC#Cc2cnc(Nc3cc(CN4CCOCC4)ccn3)s2)c1. The predicted octanol–water partition coefficient (Wildman–Crippen LogP) is 2.20. The van der Waals surface area contributed by atoms with Crippen LogP contribution in [0.25, 0.3) is 0 Å². The largest absolute Gasteiger partial charge is 0.379 e. The fraction of sp³-hybridized carbons (Fsp3) is 0.273. The van der Waals surface area contributed by atoms with E-state index in [-0.39, 0.29) is 0 Å². The minimum absolute atomic E-state index is 0.381. The highest BCUT2D eigenvalue weighted by Gasteiger charge is 2.11. The van der Waals surface area contributed by atoms with Crippen LogP contribution < -0.4 is 11.1 Å². The number of amides is 1. The molecule has 31 heavy (non-hydrogen) atoms. The summed E-state index contributed by atoms with van der Waals surface area (Å²) in [6, 6.07) is 5.78. The van der Waals surface area contributed by atoms with Crippen molar-refractivity contribution in [2.24, 2.45) is 5.73 Å². The molecular formula is C22H22N6O2S. The van der Waals surface area contributed by atoms with E-state index >= 15 is 0 Å². The first kappa shape index (κ1) is 20.9. The summed E-state index contributed by atoms with van der Waals surface area (Å²) in [5, 5.41) is 3.99. The van der Waals surface area contributed by atoms with Gasteiger partial charge < -0.3 is 15.8 Å². The first-order chi connectivity index (χ1) is 15.2. The summed E-state index contributed by atoms with van der Waals surface area (Å²) in [6.07, 6.45) is 7.14. The molecule has 3 aromatic heterocycles. The van der Waals surface area contributed by atoms with E-state index in [1.807, 2.05) is 12.1 Å². The second-order valence-electron chi connectivity index (χ2n) is 7.02. The molecule has 0 unspecified atom stereocenters. The Balaban J connectivity index is 1.35. The summed E-state index contributed by atoms with van der Waals surface area (Å²) in [5.41, 5.74) is 7.70. The Morgan fingerprint density at radius 1 is 1.19 bits per heavy atom. The molecule has 1 amide bonds. The van der Waals surface area contributed by atoms with Gasteiger partial charge in [-0.05, 0) is 29.3 Å². The molecule has 1 aliphatic rings. The number of pyridine rings is 2. The molecule has 4 heterocycles. The highest BCUT2D eigenvalue weighted by Crippen LogP contribution is 2.21. The maximum atomic E-state index is 11.2. The van der Waals surface area contributed by atoms with Gasteiger partial charge in [0.2, 0.25) is 5.91 Å². The molecule has 158 valence electrons. The van der Waals surface area contributed by atoms with Gasteiger partial charge in [0, 0.05) is 44.6 Å². The number of nitrogens with zero attached hydrogens (tertiary/aromatic N) is 4. The van der Waals surface area contributed by atoms with E-state index in [1.54, 1.807) is 24.7 Å². The van der Waals surface area contributed by atoms with Gasteiger partial charge in [0.05, 0.1) is 29.9 Å². The fourth-order valence-corrected chi connectivity index (χ4v) is 3.81. The maximum absolute atomic E-state index is 11.2. The average molecular weight is 435 g/mol. The molecule has 0 spiro atoms. The number of carbonyl (C=O) groups is 1. The highest BCUT2D eigenvalue weighted by atomic mass is 32.1. The number of ether oxygens (including phenoxy) is 1. The fourth-order valence-electron chi connectivity index (χ4n) is 3.11. The summed E-state index contributed by atoms with van der Waals surface area (Å²) in [7, 11) is 0. The second kappa shape index (κ2) is 10.1. The lowest BCUT2D eigenvalue weighted by molar-refractivity contribution is 0.0342. The van der Waals surface area contributed by atoms with Crippen LogP contribution in [-0.4, -0.2) is 52.1 Å². The molecule has 0 saturated carbocycles. The maximum Gasteiger partial charge on any atom is 0.250 e. The van der Waals surface area contributed by atoms with Crippen LogP contribution in [0.15, 0.2) is 43.0 Å². The van der Waals surface area contributed by atoms with Crippen molar-refractivity contribution in [1.29, 1.82) is 0 Å². The molecule has 1 fully saturated rings. The van der Waals surface area contributed by atoms with E-state index in [2.05, 4.69) is 37.0 Å². The van der Waals surface area contributed by atoms with Gasteiger partial charge in [-0.3, -0.25) is 14.7 Å². The van der Waals surface area contributed by atoms with Gasteiger partial charge in [0.25, 0.3) is 0 Å². The molecule has 0 aromatic carbocycles. The van der Waals surface area contributed by atoms with E-state index in [9.17, 15) is 4.79 Å². The Morgan fingerprint density at radius 2 is 2.06 bits per heavy atom. The van der Waals surface area contributed by atoms with Crippen LogP contribution in [0.3, 0.4) is 0 Å². The Bertz CT molecular complexity index is 1110. The minimum Gasteiger partial charge on any atom is -0.379 e. The molecule has 3 N–H and O–H groups in total. The molecule has 0 radical (unpaired) electrons. The van der Waals surface area contributed by atoms with Crippen LogP contribution in [0, 0.1) is 11.8 Å². The number of thiazole rings is 1. The lowest BCUT2D eigenvalue weighted by Crippen LogP contribution is -2.35. The van der Waals surface area contributed by atoms with Gasteiger partial charge in [0.15, 0.2) is 5.13 Å². The summed E-state index contributed by atoms with van der Waals surface area (Å²) < 4.78 is 5.40. The normalized spacial score (nSPS) is 13.9. The zero-order valence-corrected chi connectivity index (χ0v) is 17.7. The number of rotatable bonds is 6. The molecule has 0 atom stereocenters. The molecule has 9 heteroatoms. The lowest BCUT2D eigenvalue weighted by Gasteiger charge is -2.26. The number of morpholine rings is 1. The molecule has 0 bridgehead atoms. The first-order valence-electron chi connectivity index (χ1n) is 9.86. The smallest absolute Gasteiger partial charge is 0.250 e. The molecule has 1 saturated heterocycles. The van der Waals surface area contributed by atoms with Crippen molar-refractivity contribution >= 4 is 28.2 Å². The Labute approximate surface area is 184 Å². The van der Waals surface area contributed by atoms with E-state index < -0.39 is 5.91 Å². The predicted molar refractivity (Wildman–Crippen MR) is 119 cm³/mol. The number of nitrogens with two attached hydrogens (primary N) is 1. The Hall–Kier alpha value is -3.32. The van der Waals surface area contributed by atoms with Crippen LogP contribution >= 0.6 is 11.3 Å². The Kier molecular flexibility index (Phi) is 6.84. The van der Waals surface area contributed by atoms with Crippen molar-refractivity contribution in [2.45, 2.75) is 13.0 Å². The zero-order valence-electron chi connectivity index (χ0n) is 16.9. The van der Waals surface area contributed by atoms with Crippen molar-refractivity contribution in [3.63, 3.8) is 0 Å². The van der Waals surface area contributed by atoms with Gasteiger partial charge in [-0.1, -0.05) is 23.2 Å². The van der Waals surface area contributed by atoms with Crippen LogP contribution in [0.1, 0.15) is 26.4 Å². The molecule has 8 nitrogen and oxygen atoms in total. The van der Waals surface area contributed by atoms with Crippen LogP contribution in [-0.2, 0) is 17.7 Å². The number of anilines is 2. The van der Waals surface area contributed by atoms with Crippen molar-refractivity contribution in [1.82, 2.24) is 19.9 Å². The van der Waals surface area contributed by atoms with E-state index in [1.165, 1.54) is 23.1 Å². The lowest BCUT2D eigenvalue weighted by atomic mass is 10.1. The summed E-state index contributed by atoms with van der Waals surface area (Å²) >= 11 is 1.46. The molecule has 1 aliphatic heterocycles. The van der Waals surface area contributed by atoms with Crippen molar-refractivity contribution < 1.29 is 9.53 Å². The number of nitrogens with one attached hydrogen (secondary N) is 1. The first-order valence-corrected chi connectivity index (χ1v) is 10.7. The number of hydrogen-bond donors (Lipinski definition) is 2. The van der Waals surface area contributed by atoms with Gasteiger partial charge in [-0.25, -0.2) is 9.97 Å². The summed E-state index contributed by atoms with van der Waals surface area (Å²) in [4.78, 5) is 27.2. The number of aromatic nitrogens is 3. The van der Waals surface area contributed by atoms with E-state index in [4.69, 9.17) is 10.5 Å². The van der Waals surface area contributed by atoms with Crippen molar-refractivity contribution in [2.75, 3.05) is 31.6 Å². The van der Waals surface area contributed by atoms with Gasteiger partial charge in [-0.2, -0.15) is 0 Å². The molecular weight excluding hydrogens is 412 g/mol. The second-order valence-corrected chi connectivity index (χ2v) is 8.05. The topological polar surface area (TPSA) is 106 Å². The number of primary amides is 1. The van der Waals surface area contributed by atoms with Crippen molar-refractivity contribution in [3.05, 3.63) is 64.6 Å². The molecule has 0 aliphatic carbocycles. The highest BCUT2D eigenvalue weighted by molar-refractivity contribution is 7.16. The number of carbonyl (C=O) groups excluding carboxylic acids is 1. The van der Waals surface area contributed by atoms with Gasteiger partial charge in [-0.15, -0.1) is 0 Å². The molecule has 4 rings (SSSR count). The quantitative estimate of drug-likeness (QED) is 0.573. The summed E-state index contributed by atoms with van der Waals surface area (Å²) in [6.45, 7) is 4.34. The average Bonchev–Trinajstić information content (AvgIpc) is 3.22. The van der Waals surface area contributed by atoms with E-state index in [0.717, 1.165) is 54.2 Å². The van der Waals surface area contributed by atoms with Crippen LogP contribution in [0.2, 0.25) is 0 Å².